The van der Waals surface area contributed by atoms with Gasteiger partial charge in [-0.3, -0.25) is 0 Å². The molecular formula is C32H49Cl3N3Ti-2. The second-order valence-electron chi connectivity index (χ2n) is 12.0. The Bertz CT molecular complexity index is 883. The minimum atomic E-state index is -1.92. The molecule has 0 radical (unpaired) electrons. The summed E-state index contributed by atoms with van der Waals surface area (Å²) in [7, 11) is 17.2. The van der Waals surface area contributed by atoms with Gasteiger partial charge in [-0.2, -0.15) is 0 Å². The fourth-order valence-electron chi connectivity index (χ4n) is 5.44. The summed E-state index contributed by atoms with van der Waals surface area (Å²) >= 11 is -1.92. The van der Waals surface area contributed by atoms with Crippen molar-refractivity contribution in [2.24, 2.45) is 0 Å². The van der Waals surface area contributed by atoms with Crippen LogP contribution in [0.25, 0.3) is 10.6 Å². The zero-order chi connectivity index (χ0) is 29.3. The SMILES string of the molecule is CC(C)c1cccc(C(C)C)c1[N-]C([N-]c1c(C(C)C)cccc1C(C)C)N(C)C1CCCCC1.[Cl][Ti]([Cl])[Cl]. The van der Waals surface area contributed by atoms with Gasteiger partial charge in [0.05, 0.1) is 0 Å². The van der Waals surface area contributed by atoms with E-state index in [0.717, 1.165) is 11.4 Å². The van der Waals surface area contributed by atoms with Gasteiger partial charge in [0.15, 0.2) is 0 Å². The molecule has 0 heterocycles. The number of hydrogen-bond acceptors (Lipinski definition) is 1. The molecule has 219 valence electrons. The zero-order valence-corrected chi connectivity index (χ0v) is 29.3. The van der Waals surface area contributed by atoms with Crippen molar-refractivity contribution >= 4 is 39.3 Å². The molecule has 1 saturated carbocycles. The third kappa shape index (κ3) is 10.4. The van der Waals surface area contributed by atoms with Gasteiger partial charge >= 0.3 is 42.6 Å². The van der Waals surface area contributed by atoms with Crippen LogP contribution in [0.5, 0.6) is 0 Å². The number of rotatable bonds is 10. The van der Waals surface area contributed by atoms with Gasteiger partial charge in [0.1, 0.15) is 0 Å². The standard InChI is InChI=1S/C32H49N3.3ClH.Ti/c1-21(2)26-17-13-18-27(22(3)4)30(26)33-32(35(9)25-15-11-10-12-16-25)34-31-28(23(5)6)19-14-20-29(31)24(7)8;;;;/h13-14,17-25,32H,10-12,15-16H2,1-9H3;3*1H;/q-2;;;;+3/p-3. The van der Waals surface area contributed by atoms with Crippen LogP contribution in [0.3, 0.4) is 0 Å². The Kier molecular flexibility index (Phi) is 15.1. The van der Waals surface area contributed by atoms with Crippen LogP contribution in [0.1, 0.15) is 133 Å². The van der Waals surface area contributed by atoms with Crippen molar-refractivity contribution in [3.05, 3.63) is 69.3 Å². The first-order valence-electron chi connectivity index (χ1n) is 14.6. The van der Waals surface area contributed by atoms with E-state index in [1.807, 2.05) is 0 Å². The van der Waals surface area contributed by atoms with Crippen molar-refractivity contribution < 1.29 is 14.7 Å². The zero-order valence-electron chi connectivity index (χ0n) is 25.4. The Labute approximate surface area is 257 Å². The number of hydrogen-bond donors (Lipinski definition) is 0. The molecule has 3 rings (SSSR count). The van der Waals surface area contributed by atoms with E-state index in [9.17, 15) is 0 Å². The maximum atomic E-state index is 5.53. The molecule has 0 bridgehead atoms. The monoisotopic (exact) mass is 628 g/mol. The summed E-state index contributed by atoms with van der Waals surface area (Å²) in [6, 6.07) is 14.0. The van der Waals surface area contributed by atoms with E-state index in [0.29, 0.717) is 29.7 Å². The maximum absolute atomic E-state index is 5.53. The molecule has 39 heavy (non-hydrogen) atoms. The molecular weight excluding hydrogens is 581 g/mol. The summed E-state index contributed by atoms with van der Waals surface area (Å²) in [5.41, 5.74) is 7.62. The minimum absolute atomic E-state index is 0.229. The van der Waals surface area contributed by atoms with Crippen LogP contribution in [0.2, 0.25) is 0 Å². The molecule has 7 heteroatoms. The van der Waals surface area contributed by atoms with E-state index in [2.05, 4.69) is 104 Å². The Morgan fingerprint density at radius 2 is 0.949 bits per heavy atom. The van der Waals surface area contributed by atoms with Crippen LogP contribution in [0.4, 0.5) is 11.4 Å². The molecule has 0 unspecified atom stereocenters. The van der Waals surface area contributed by atoms with Crippen LogP contribution in [-0.4, -0.2) is 24.3 Å². The molecule has 1 aliphatic rings. The van der Waals surface area contributed by atoms with Crippen LogP contribution in [0.15, 0.2) is 36.4 Å². The van der Waals surface area contributed by atoms with Gasteiger partial charge in [0.25, 0.3) is 0 Å². The fraction of sp³-hybridized carbons (Fsp3) is 0.625. The predicted octanol–water partition coefficient (Wildman–Crippen LogP) is 12.5. The second kappa shape index (κ2) is 16.9. The van der Waals surface area contributed by atoms with Crippen LogP contribution < -0.4 is 0 Å². The average molecular weight is 630 g/mol. The van der Waals surface area contributed by atoms with Gasteiger partial charge in [-0.25, -0.2) is 0 Å². The molecule has 1 aliphatic carbocycles. The topological polar surface area (TPSA) is 31.4 Å². The summed E-state index contributed by atoms with van der Waals surface area (Å²) in [6.07, 6.45) is 6.22. The molecule has 0 saturated heterocycles. The molecule has 0 aliphatic heterocycles. The average Bonchev–Trinajstić information content (AvgIpc) is 2.87. The van der Waals surface area contributed by atoms with E-state index in [1.54, 1.807) is 0 Å². The predicted molar refractivity (Wildman–Crippen MR) is 171 cm³/mol. The number of nitrogens with zero attached hydrogens (tertiary/aromatic N) is 3. The molecule has 0 atom stereocenters. The first-order chi connectivity index (χ1) is 18.3. The Balaban J connectivity index is 0.00000124. The third-order valence-corrected chi connectivity index (χ3v) is 7.69. The van der Waals surface area contributed by atoms with Crippen molar-refractivity contribution in [1.29, 1.82) is 0 Å². The summed E-state index contributed by atoms with van der Waals surface area (Å²) in [5.74, 6) is 1.68. The summed E-state index contributed by atoms with van der Waals surface area (Å²) in [4.78, 5) is 2.47. The molecule has 2 aromatic rings. The number of benzene rings is 2. The Morgan fingerprint density at radius 1 is 0.641 bits per heavy atom. The Morgan fingerprint density at radius 3 is 1.23 bits per heavy atom. The quantitative estimate of drug-likeness (QED) is 0.241. The van der Waals surface area contributed by atoms with Crippen molar-refractivity contribution in [2.75, 3.05) is 7.05 Å². The molecule has 0 N–H and O–H groups in total. The van der Waals surface area contributed by atoms with Gasteiger partial charge in [-0.05, 0) is 43.6 Å². The van der Waals surface area contributed by atoms with Crippen molar-refractivity contribution in [2.45, 2.75) is 123 Å². The molecule has 0 aromatic heterocycles. The van der Waals surface area contributed by atoms with E-state index in [-0.39, 0.29) is 6.29 Å². The third-order valence-electron chi connectivity index (χ3n) is 7.69. The normalized spacial score (nSPS) is 14.4. The van der Waals surface area contributed by atoms with Gasteiger partial charge < -0.3 is 15.5 Å². The molecule has 0 spiro atoms. The van der Waals surface area contributed by atoms with E-state index < -0.39 is 14.7 Å². The number of halogens is 3. The van der Waals surface area contributed by atoms with Gasteiger partial charge in [-0.1, -0.05) is 133 Å². The van der Waals surface area contributed by atoms with E-state index in [4.69, 9.17) is 38.5 Å². The first kappa shape index (κ1) is 34.8. The van der Waals surface area contributed by atoms with Gasteiger partial charge in [-0.15, -0.1) is 17.7 Å². The van der Waals surface area contributed by atoms with Crippen LogP contribution in [0, 0.1) is 0 Å². The molecule has 1 fully saturated rings. The second-order valence-corrected chi connectivity index (χ2v) is 19.7. The number of para-hydroxylation sites is 2. The Hall–Kier alpha value is -0.416. The van der Waals surface area contributed by atoms with Gasteiger partial charge in [0, 0.05) is 6.04 Å². The fourth-order valence-corrected chi connectivity index (χ4v) is 5.44. The summed E-state index contributed by atoms with van der Waals surface area (Å²) in [6.45, 7) is 18.2. The first-order valence-corrected chi connectivity index (χ1v) is 21.0. The summed E-state index contributed by atoms with van der Waals surface area (Å²) in [5, 5.41) is 11.1. The molecule has 2 aromatic carbocycles. The summed E-state index contributed by atoms with van der Waals surface area (Å²) < 4.78 is 0. The van der Waals surface area contributed by atoms with E-state index >= 15 is 0 Å². The van der Waals surface area contributed by atoms with Crippen LogP contribution in [-0.2, 0) is 14.7 Å². The molecule has 3 nitrogen and oxygen atoms in total. The van der Waals surface area contributed by atoms with Crippen molar-refractivity contribution in [1.82, 2.24) is 4.90 Å². The van der Waals surface area contributed by atoms with Crippen LogP contribution >= 0.6 is 27.9 Å². The van der Waals surface area contributed by atoms with Crippen molar-refractivity contribution in [3.63, 3.8) is 0 Å². The van der Waals surface area contributed by atoms with Crippen molar-refractivity contribution in [3.8, 4) is 0 Å². The van der Waals surface area contributed by atoms with E-state index in [1.165, 1.54) is 54.4 Å². The molecule has 0 amide bonds. The van der Waals surface area contributed by atoms with Gasteiger partial charge in [0.2, 0.25) is 0 Å².